The molecule has 1 amide bonds. The maximum absolute atomic E-state index is 12.6. The molecule has 134 valence electrons. The van der Waals surface area contributed by atoms with E-state index in [-0.39, 0.29) is 11.3 Å². The molecular formula is C19H21N5O2. The maximum Gasteiger partial charge on any atom is 0.292 e. The fraction of sp³-hybridized carbons (Fsp3) is 0.263. The zero-order valence-electron chi connectivity index (χ0n) is 15.0. The van der Waals surface area contributed by atoms with Gasteiger partial charge in [-0.3, -0.25) is 9.59 Å². The Morgan fingerprint density at radius 3 is 2.69 bits per heavy atom. The molecule has 0 aliphatic heterocycles. The Bertz CT molecular complexity index is 1050. The van der Waals surface area contributed by atoms with Gasteiger partial charge in [-0.1, -0.05) is 25.1 Å². The SMILES string of the molecule is CCCn1nc(C(=O)N/N=C/c2cc(C)[nH]c2C)c2ccccc2c1=O. The van der Waals surface area contributed by atoms with Crippen LogP contribution in [0.25, 0.3) is 10.8 Å². The smallest absolute Gasteiger partial charge is 0.292 e. The molecule has 0 bridgehead atoms. The van der Waals surface area contributed by atoms with Crippen molar-refractivity contribution in [1.82, 2.24) is 20.2 Å². The highest BCUT2D eigenvalue weighted by Gasteiger charge is 2.16. The fourth-order valence-electron chi connectivity index (χ4n) is 2.86. The average Bonchev–Trinajstić information content (AvgIpc) is 2.95. The molecule has 0 fully saturated rings. The van der Waals surface area contributed by atoms with Gasteiger partial charge in [-0.05, 0) is 32.4 Å². The number of amides is 1. The van der Waals surface area contributed by atoms with Gasteiger partial charge in [0.05, 0.1) is 11.6 Å². The summed E-state index contributed by atoms with van der Waals surface area (Å²) in [7, 11) is 0. The molecule has 1 aromatic carbocycles. The van der Waals surface area contributed by atoms with E-state index in [0.29, 0.717) is 17.3 Å². The normalized spacial score (nSPS) is 11.3. The van der Waals surface area contributed by atoms with Crippen molar-refractivity contribution in [3.05, 3.63) is 63.3 Å². The lowest BCUT2D eigenvalue weighted by Crippen LogP contribution is -2.29. The van der Waals surface area contributed by atoms with Crippen LogP contribution in [0.1, 0.15) is 40.8 Å². The highest BCUT2D eigenvalue weighted by Crippen LogP contribution is 2.13. The molecule has 0 aliphatic rings. The second-order valence-electron chi connectivity index (χ2n) is 6.15. The van der Waals surface area contributed by atoms with Crippen LogP contribution in [0.2, 0.25) is 0 Å². The number of carbonyl (C=O) groups is 1. The molecule has 7 heteroatoms. The number of fused-ring (bicyclic) bond motifs is 1. The van der Waals surface area contributed by atoms with Crippen LogP contribution in [0.5, 0.6) is 0 Å². The van der Waals surface area contributed by atoms with Gasteiger partial charge in [-0.15, -0.1) is 0 Å². The zero-order valence-corrected chi connectivity index (χ0v) is 15.0. The Morgan fingerprint density at radius 1 is 1.31 bits per heavy atom. The van der Waals surface area contributed by atoms with Crippen molar-refractivity contribution in [3.63, 3.8) is 0 Å². The summed E-state index contributed by atoms with van der Waals surface area (Å²) in [5.74, 6) is -0.452. The topological polar surface area (TPSA) is 92.1 Å². The minimum atomic E-state index is -0.452. The number of aryl methyl sites for hydroxylation is 3. The monoisotopic (exact) mass is 351 g/mol. The lowest BCUT2D eigenvalue weighted by molar-refractivity contribution is 0.0949. The standard InChI is InChI=1S/C19H21N5O2/c1-4-9-24-19(26)16-8-6-5-7-15(16)17(23-24)18(25)22-20-11-14-10-12(2)21-13(14)3/h5-8,10-11,21H,4,9H2,1-3H3,(H,22,25)/b20-11+. The minimum Gasteiger partial charge on any atom is -0.362 e. The molecule has 2 N–H and O–H groups in total. The van der Waals surface area contributed by atoms with E-state index in [9.17, 15) is 9.59 Å². The van der Waals surface area contributed by atoms with Crippen LogP contribution < -0.4 is 11.0 Å². The number of hydrogen-bond acceptors (Lipinski definition) is 4. The summed E-state index contributed by atoms with van der Waals surface area (Å²) in [6, 6.07) is 8.92. The van der Waals surface area contributed by atoms with Crippen LogP contribution in [0.4, 0.5) is 0 Å². The summed E-state index contributed by atoms with van der Waals surface area (Å²) >= 11 is 0. The largest absolute Gasteiger partial charge is 0.362 e. The Balaban J connectivity index is 1.93. The van der Waals surface area contributed by atoms with E-state index in [4.69, 9.17) is 0 Å². The van der Waals surface area contributed by atoms with E-state index in [2.05, 4.69) is 20.6 Å². The lowest BCUT2D eigenvalue weighted by Gasteiger charge is -2.09. The van der Waals surface area contributed by atoms with E-state index in [0.717, 1.165) is 23.4 Å². The molecular weight excluding hydrogens is 330 g/mol. The Labute approximate surface area is 150 Å². The molecule has 0 unspecified atom stereocenters. The summed E-state index contributed by atoms with van der Waals surface area (Å²) < 4.78 is 1.33. The van der Waals surface area contributed by atoms with Crippen molar-refractivity contribution in [2.75, 3.05) is 0 Å². The average molecular weight is 351 g/mol. The summed E-state index contributed by atoms with van der Waals surface area (Å²) in [4.78, 5) is 28.2. The number of aromatic amines is 1. The molecule has 0 saturated carbocycles. The highest BCUT2D eigenvalue weighted by molar-refractivity contribution is 6.05. The highest BCUT2D eigenvalue weighted by atomic mass is 16.2. The first-order chi connectivity index (χ1) is 12.5. The van der Waals surface area contributed by atoms with Crippen LogP contribution in [-0.4, -0.2) is 26.9 Å². The molecule has 3 rings (SSSR count). The number of hydrogen-bond donors (Lipinski definition) is 2. The number of H-pyrrole nitrogens is 1. The molecule has 0 radical (unpaired) electrons. The second-order valence-corrected chi connectivity index (χ2v) is 6.15. The number of carbonyl (C=O) groups excluding carboxylic acids is 1. The molecule has 26 heavy (non-hydrogen) atoms. The molecule has 7 nitrogen and oxygen atoms in total. The molecule has 2 heterocycles. The number of benzene rings is 1. The first-order valence-corrected chi connectivity index (χ1v) is 8.50. The molecule has 0 saturated heterocycles. The van der Waals surface area contributed by atoms with Crippen molar-refractivity contribution >= 4 is 22.9 Å². The van der Waals surface area contributed by atoms with Crippen molar-refractivity contribution in [3.8, 4) is 0 Å². The molecule has 3 aromatic rings. The molecule has 0 atom stereocenters. The number of nitrogens with one attached hydrogen (secondary N) is 2. The summed E-state index contributed by atoms with van der Waals surface area (Å²) in [6.07, 6.45) is 2.33. The van der Waals surface area contributed by atoms with E-state index in [1.807, 2.05) is 26.8 Å². The van der Waals surface area contributed by atoms with Gasteiger partial charge in [0.25, 0.3) is 11.5 Å². The lowest BCUT2D eigenvalue weighted by atomic mass is 10.1. The predicted octanol–water partition coefficient (Wildman–Crippen LogP) is 2.52. The van der Waals surface area contributed by atoms with Crippen LogP contribution >= 0.6 is 0 Å². The van der Waals surface area contributed by atoms with Gasteiger partial charge < -0.3 is 4.98 Å². The van der Waals surface area contributed by atoms with Crippen molar-refractivity contribution in [2.24, 2.45) is 5.10 Å². The van der Waals surface area contributed by atoms with Gasteiger partial charge in [-0.2, -0.15) is 10.2 Å². The van der Waals surface area contributed by atoms with Gasteiger partial charge in [0.1, 0.15) is 0 Å². The number of hydrazone groups is 1. The quantitative estimate of drug-likeness (QED) is 0.546. The molecule has 0 aliphatic carbocycles. The van der Waals surface area contributed by atoms with Crippen molar-refractivity contribution < 1.29 is 4.79 Å². The predicted molar refractivity (Wildman–Crippen MR) is 102 cm³/mol. The number of aromatic nitrogens is 3. The van der Waals surface area contributed by atoms with Crippen LogP contribution in [0.3, 0.4) is 0 Å². The summed E-state index contributed by atoms with van der Waals surface area (Å²) in [6.45, 7) is 6.30. The van der Waals surface area contributed by atoms with Crippen molar-refractivity contribution in [2.45, 2.75) is 33.7 Å². The van der Waals surface area contributed by atoms with Gasteiger partial charge in [0.2, 0.25) is 0 Å². The Kier molecular flexibility index (Phi) is 4.97. The van der Waals surface area contributed by atoms with Crippen LogP contribution in [0.15, 0.2) is 40.2 Å². The van der Waals surface area contributed by atoms with Crippen LogP contribution in [-0.2, 0) is 6.54 Å². The van der Waals surface area contributed by atoms with E-state index in [1.165, 1.54) is 4.68 Å². The molecule has 0 spiro atoms. The van der Waals surface area contributed by atoms with E-state index < -0.39 is 5.91 Å². The van der Waals surface area contributed by atoms with Gasteiger partial charge in [-0.25, -0.2) is 10.1 Å². The van der Waals surface area contributed by atoms with E-state index in [1.54, 1.807) is 30.5 Å². The van der Waals surface area contributed by atoms with Crippen LogP contribution in [0, 0.1) is 13.8 Å². The Hall–Kier alpha value is -3.22. The first-order valence-electron chi connectivity index (χ1n) is 8.50. The first kappa shape index (κ1) is 17.6. The number of rotatable bonds is 5. The summed E-state index contributed by atoms with van der Waals surface area (Å²) in [5, 5.41) is 9.27. The minimum absolute atomic E-state index is 0.188. The zero-order chi connectivity index (χ0) is 18.7. The fourth-order valence-corrected chi connectivity index (χ4v) is 2.86. The van der Waals surface area contributed by atoms with Gasteiger partial charge in [0.15, 0.2) is 5.69 Å². The second kappa shape index (κ2) is 7.35. The molecule has 2 aromatic heterocycles. The maximum atomic E-state index is 12.6. The summed E-state index contributed by atoms with van der Waals surface area (Å²) in [5.41, 5.74) is 5.39. The third-order valence-electron chi connectivity index (χ3n) is 4.08. The third-order valence-corrected chi connectivity index (χ3v) is 4.08. The van der Waals surface area contributed by atoms with E-state index >= 15 is 0 Å². The van der Waals surface area contributed by atoms with Gasteiger partial charge in [0, 0.05) is 28.9 Å². The van der Waals surface area contributed by atoms with Crippen molar-refractivity contribution in [1.29, 1.82) is 0 Å². The Morgan fingerprint density at radius 2 is 2.04 bits per heavy atom. The van der Waals surface area contributed by atoms with Gasteiger partial charge >= 0.3 is 0 Å². The number of nitrogens with zero attached hydrogens (tertiary/aromatic N) is 3. The third kappa shape index (κ3) is 3.42.